The lowest BCUT2D eigenvalue weighted by atomic mass is 10.0. The molecule has 1 aromatic carbocycles. The first kappa shape index (κ1) is 16.5. The van der Waals surface area contributed by atoms with Gasteiger partial charge in [0.05, 0.1) is 0 Å². The number of nitrogens with one attached hydrogen (secondary N) is 1. The Morgan fingerprint density at radius 2 is 1.95 bits per heavy atom. The normalized spacial score (nSPS) is 12.6. The topological polar surface area (TPSA) is 21.3 Å². The van der Waals surface area contributed by atoms with Crippen molar-refractivity contribution in [1.29, 1.82) is 0 Å². The molecule has 0 radical (unpaired) electrons. The summed E-state index contributed by atoms with van der Waals surface area (Å²) in [4.78, 5) is 0. The molecule has 1 aromatic rings. The highest BCUT2D eigenvalue weighted by Crippen LogP contribution is 2.13. The minimum absolute atomic E-state index is 0.529. The van der Waals surface area contributed by atoms with Gasteiger partial charge in [0.25, 0.3) is 0 Å². The fraction of sp³-hybridized carbons (Fsp3) is 0.625. The van der Waals surface area contributed by atoms with Crippen LogP contribution in [0.15, 0.2) is 24.3 Å². The van der Waals surface area contributed by atoms with Crippen LogP contribution in [0, 0.1) is 0 Å². The largest absolute Gasteiger partial charge is 0.382 e. The fourth-order valence-corrected chi connectivity index (χ4v) is 2.23. The maximum absolute atomic E-state index is 5.92. The molecule has 0 aliphatic heterocycles. The van der Waals surface area contributed by atoms with Crippen molar-refractivity contribution in [2.24, 2.45) is 0 Å². The summed E-state index contributed by atoms with van der Waals surface area (Å²) in [5.41, 5.74) is 1.34. The summed E-state index contributed by atoms with van der Waals surface area (Å²) >= 11 is 5.92. The average molecular weight is 284 g/mol. The van der Waals surface area contributed by atoms with Gasteiger partial charge in [-0.1, -0.05) is 30.7 Å². The zero-order valence-corrected chi connectivity index (χ0v) is 12.9. The summed E-state index contributed by atoms with van der Waals surface area (Å²) in [5, 5.41) is 4.42. The van der Waals surface area contributed by atoms with Gasteiger partial charge in [0, 0.05) is 24.3 Å². The molecule has 0 aliphatic carbocycles. The smallest absolute Gasteiger partial charge is 0.0466 e. The predicted molar refractivity (Wildman–Crippen MR) is 83.0 cm³/mol. The maximum Gasteiger partial charge on any atom is 0.0466 e. The minimum Gasteiger partial charge on any atom is -0.382 e. The van der Waals surface area contributed by atoms with Crippen LogP contribution < -0.4 is 5.32 Å². The zero-order valence-electron chi connectivity index (χ0n) is 12.1. The number of ether oxygens (including phenoxy) is 1. The molecule has 3 heteroatoms. The highest BCUT2D eigenvalue weighted by molar-refractivity contribution is 6.30. The Morgan fingerprint density at radius 1 is 1.21 bits per heavy atom. The Morgan fingerprint density at radius 3 is 2.58 bits per heavy atom. The summed E-state index contributed by atoms with van der Waals surface area (Å²) in [6, 6.07) is 8.69. The summed E-state index contributed by atoms with van der Waals surface area (Å²) in [6.07, 6.45) is 4.50. The van der Waals surface area contributed by atoms with E-state index in [1.54, 1.807) is 0 Å². The van der Waals surface area contributed by atoms with Crippen LogP contribution in [-0.2, 0) is 11.2 Å². The van der Waals surface area contributed by atoms with E-state index < -0.39 is 0 Å². The van der Waals surface area contributed by atoms with Gasteiger partial charge in [0.2, 0.25) is 0 Å². The molecule has 0 fully saturated rings. The van der Waals surface area contributed by atoms with Gasteiger partial charge in [-0.15, -0.1) is 0 Å². The second kappa shape index (κ2) is 10.2. The number of halogens is 1. The molecule has 0 amide bonds. The molecule has 2 nitrogen and oxygen atoms in total. The van der Waals surface area contributed by atoms with Crippen molar-refractivity contribution in [2.75, 3.05) is 19.8 Å². The fourth-order valence-electron chi connectivity index (χ4n) is 2.11. The van der Waals surface area contributed by atoms with Crippen molar-refractivity contribution in [3.05, 3.63) is 34.9 Å². The Labute approximate surface area is 122 Å². The quantitative estimate of drug-likeness (QED) is 0.654. The van der Waals surface area contributed by atoms with Crippen molar-refractivity contribution in [3.63, 3.8) is 0 Å². The summed E-state index contributed by atoms with van der Waals surface area (Å²) in [7, 11) is 0. The van der Waals surface area contributed by atoms with Gasteiger partial charge in [-0.25, -0.2) is 0 Å². The maximum atomic E-state index is 5.92. The number of rotatable bonds is 10. The lowest BCUT2D eigenvalue weighted by Crippen LogP contribution is -2.32. The van der Waals surface area contributed by atoms with Crippen LogP contribution in [0.1, 0.15) is 38.7 Å². The Hall–Kier alpha value is -0.570. The molecule has 0 heterocycles. The highest BCUT2D eigenvalue weighted by atomic mass is 35.5. The van der Waals surface area contributed by atoms with E-state index in [2.05, 4.69) is 24.4 Å². The number of benzene rings is 1. The lowest BCUT2D eigenvalue weighted by molar-refractivity contribution is 0.140. The highest BCUT2D eigenvalue weighted by Gasteiger charge is 2.08. The molecule has 0 saturated carbocycles. The van der Waals surface area contributed by atoms with Crippen LogP contribution in [-0.4, -0.2) is 25.8 Å². The van der Waals surface area contributed by atoms with Crippen LogP contribution in [0.25, 0.3) is 0 Å². The van der Waals surface area contributed by atoms with Crippen molar-refractivity contribution < 1.29 is 4.74 Å². The van der Waals surface area contributed by atoms with Crippen molar-refractivity contribution in [1.82, 2.24) is 5.32 Å². The molecule has 1 atom stereocenters. The SMILES string of the molecule is CCCNC(CCCOCC)Cc1ccc(Cl)cc1. The molecular weight excluding hydrogens is 258 g/mol. The van der Waals surface area contributed by atoms with Crippen molar-refractivity contribution in [2.45, 2.75) is 45.6 Å². The third kappa shape index (κ3) is 7.56. The molecule has 1 unspecified atom stereocenters. The lowest BCUT2D eigenvalue weighted by Gasteiger charge is -2.18. The van der Waals surface area contributed by atoms with Crippen LogP contribution in [0.3, 0.4) is 0 Å². The molecule has 0 spiro atoms. The van der Waals surface area contributed by atoms with Crippen LogP contribution in [0.5, 0.6) is 0 Å². The van der Waals surface area contributed by atoms with E-state index in [1.165, 1.54) is 12.0 Å². The molecule has 19 heavy (non-hydrogen) atoms. The Balaban J connectivity index is 2.41. The molecule has 108 valence electrons. The van der Waals surface area contributed by atoms with E-state index in [4.69, 9.17) is 16.3 Å². The molecule has 0 aliphatic rings. The minimum atomic E-state index is 0.529. The van der Waals surface area contributed by atoms with Crippen molar-refractivity contribution in [3.8, 4) is 0 Å². The molecule has 0 saturated heterocycles. The predicted octanol–water partition coefficient (Wildman–Crippen LogP) is 4.07. The number of hydrogen-bond acceptors (Lipinski definition) is 2. The zero-order chi connectivity index (χ0) is 13.9. The van der Waals surface area contributed by atoms with Gasteiger partial charge in [-0.05, 0) is 56.8 Å². The molecule has 0 bridgehead atoms. The van der Waals surface area contributed by atoms with Gasteiger partial charge in [0.15, 0.2) is 0 Å². The van der Waals surface area contributed by atoms with Crippen molar-refractivity contribution >= 4 is 11.6 Å². The van der Waals surface area contributed by atoms with Gasteiger partial charge < -0.3 is 10.1 Å². The average Bonchev–Trinajstić information content (AvgIpc) is 2.43. The van der Waals surface area contributed by atoms with E-state index in [0.717, 1.165) is 44.0 Å². The summed E-state index contributed by atoms with van der Waals surface area (Å²) < 4.78 is 5.41. The molecule has 1 N–H and O–H groups in total. The first-order valence-electron chi connectivity index (χ1n) is 7.31. The third-order valence-corrected chi connectivity index (χ3v) is 3.38. The van der Waals surface area contributed by atoms with Crippen LogP contribution in [0.2, 0.25) is 5.02 Å². The van der Waals surface area contributed by atoms with Gasteiger partial charge in [0.1, 0.15) is 0 Å². The standard InChI is InChI=1S/C16H26ClNO/c1-3-11-18-16(6-5-12-19-4-2)13-14-7-9-15(17)10-8-14/h7-10,16,18H,3-6,11-13H2,1-2H3. The second-order valence-electron chi connectivity index (χ2n) is 4.82. The van der Waals surface area contributed by atoms with Crippen LogP contribution in [0.4, 0.5) is 0 Å². The summed E-state index contributed by atoms with van der Waals surface area (Å²) in [5.74, 6) is 0. The molecular formula is C16H26ClNO. The van der Waals surface area contributed by atoms with Crippen LogP contribution >= 0.6 is 11.6 Å². The summed E-state index contributed by atoms with van der Waals surface area (Å²) in [6.45, 7) is 6.99. The van der Waals surface area contributed by atoms with E-state index >= 15 is 0 Å². The van der Waals surface area contributed by atoms with Gasteiger partial charge >= 0.3 is 0 Å². The van der Waals surface area contributed by atoms with E-state index in [1.807, 2.05) is 19.1 Å². The first-order valence-corrected chi connectivity index (χ1v) is 7.69. The Kier molecular flexibility index (Phi) is 8.89. The van der Waals surface area contributed by atoms with Gasteiger partial charge in [-0.2, -0.15) is 0 Å². The first-order chi connectivity index (χ1) is 9.26. The third-order valence-electron chi connectivity index (χ3n) is 3.12. The van der Waals surface area contributed by atoms with E-state index in [-0.39, 0.29) is 0 Å². The van der Waals surface area contributed by atoms with E-state index in [0.29, 0.717) is 6.04 Å². The number of hydrogen-bond donors (Lipinski definition) is 1. The monoisotopic (exact) mass is 283 g/mol. The van der Waals surface area contributed by atoms with Gasteiger partial charge in [-0.3, -0.25) is 0 Å². The Bertz CT molecular complexity index is 326. The molecule has 0 aromatic heterocycles. The second-order valence-corrected chi connectivity index (χ2v) is 5.26. The molecule has 1 rings (SSSR count). The van der Waals surface area contributed by atoms with E-state index in [9.17, 15) is 0 Å².